The summed E-state index contributed by atoms with van der Waals surface area (Å²) >= 11 is 0. The first-order chi connectivity index (χ1) is 9.27. The molecular weight excluding hydrogens is 256 g/mol. The smallest absolute Gasteiger partial charge is 0.405 e. The van der Waals surface area contributed by atoms with E-state index >= 15 is 0 Å². The highest BCUT2D eigenvalue weighted by Crippen LogP contribution is 2.38. The molecule has 0 bridgehead atoms. The van der Waals surface area contributed by atoms with E-state index in [1.807, 2.05) is 39.0 Å². The molecule has 108 valence electrons. The van der Waals surface area contributed by atoms with Crippen molar-refractivity contribution >= 4 is 17.7 Å². The Hall–Kier alpha value is -2.04. The molecule has 1 aliphatic rings. The Bertz CT molecular complexity index is 547. The maximum atomic E-state index is 11.4. The second-order valence-electron chi connectivity index (χ2n) is 6.15. The summed E-state index contributed by atoms with van der Waals surface area (Å²) in [5.74, 6) is 0.0333. The van der Waals surface area contributed by atoms with Gasteiger partial charge in [-0.3, -0.25) is 4.79 Å². The Morgan fingerprint density at radius 2 is 2.05 bits per heavy atom. The highest BCUT2D eigenvalue weighted by Gasteiger charge is 2.30. The van der Waals surface area contributed by atoms with Gasteiger partial charge in [-0.2, -0.15) is 0 Å². The van der Waals surface area contributed by atoms with E-state index in [1.165, 1.54) is 0 Å². The number of fused-ring (bicyclic) bond motifs is 1. The molecule has 2 amide bonds. The van der Waals surface area contributed by atoms with Crippen molar-refractivity contribution in [2.75, 3.05) is 5.32 Å². The molecule has 1 aromatic carbocycles. The average Bonchev–Trinajstić information content (AvgIpc) is 2.34. The van der Waals surface area contributed by atoms with Gasteiger partial charge in [-0.25, -0.2) is 4.79 Å². The molecule has 1 aliphatic heterocycles. The third-order valence-electron chi connectivity index (χ3n) is 3.35. The SMILES string of the molecule is CC(C)(C)C(OC(N)=O)c1ccc2c(c1)CCC(=O)N2. The minimum absolute atomic E-state index is 0.0333. The largest absolute Gasteiger partial charge is 0.441 e. The molecule has 0 saturated heterocycles. The molecular formula is C15H20N2O3. The van der Waals surface area contributed by atoms with Crippen LogP contribution in [0.4, 0.5) is 10.5 Å². The lowest BCUT2D eigenvalue weighted by atomic mass is 9.83. The highest BCUT2D eigenvalue weighted by molar-refractivity contribution is 5.93. The third-order valence-corrected chi connectivity index (χ3v) is 3.35. The van der Waals surface area contributed by atoms with Crippen molar-refractivity contribution < 1.29 is 14.3 Å². The van der Waals surface area contributed by atoms with Crippen molar-refractivity contribution in [3.05, 3.63) is 29.3 Å². The molecule has 1 unspecified atom stereocenters. The van der Waals surface area contributed by atoms with Crippen LogP contribution < -0.4 is 11.1 Å². The zero-order valence-corrected chi connectivity index (χ0v) is 12.0. The van der Waals surface area contributed by atoms with Crippen LogP contribution in [0.2, 0.25) is 0 Å². The average molecular weight is 276 g/mol. The lowest BCUT2D eigenvalue weighted by molar-refractivity contribution is -0.116. The molecule has 0 fully saturated rings. The monoisotopic (exact) mass is 276 g/mol. The number of primary amides is 1. The number of aryl methyl sites for hydroxylation is 1. The first kappa shape index (κ1) is 14.4. The predicted molar refractivity (Wildman–Crippen MR) is 76.3 cm³/mol. The lowest BCUT2D eigenvalue weighted by Gasteiger charge is -2.31. The molecule has 0 aliphatic carbocycles. The first-order valence-corrected chi connectivity index (χ1v) is 6.66. The number of hydrogen-bond donors (Lipinski definition) is 2. The third kappa shape index (κ3) is 3.10. The molecule has 0 radical (unpaired) electrons. The van der Waals surface area contributed by atoms with Crippen LogP contribution in [0.3, 0.4) is 0 Å². The fourth-order valence-corrected chi connectivity index (χ4v) is 2.43. The predicted octanol–water partition coefficient (Wildman–Crippen LogP) is 2.75. The summed E-state index contributed by atoms with van der Waals surface area (Å²) in [4.78, 5) is 22.5. The fourth-order valence-electron chi connectivity index (χ4n) is 2.43. The van der Waals surface area contributed by atoms with Crippen LogP contribution in [0.25, 0.3) is 0 Å². The van der Waals surface area contributed by atoms with Crippen LogP contribution in [-0.4, -0.2) is 12.0 Å². The van der Waals surface area contributed by atoms with Crippen molar-refractivity contribution in [2.24, 2.45) is 11.1 Å². The van der Waals surface area contributed by atoms with Crippen LogP contribution in [0.5, 0.6) is 0 Å². The van der Waals surface area contributed by atoms with Gasteiger partial charge in [-0.1, -0.05) is 32.9 Å². The van der Waals surface area contributed by atoms with Crippen molar-refractivity contribution in [1.82, 2.24) is 0 Å². The number of benzene rings is 1. The lowest BCUT2D eigenvalue weighted by Crippen LogP contribution is -2.27. The van der Waals surface area contributed by atoms with Crippen LogP contribution in [0.1, 0.15) is 44.4 Å². The summed E-state index contributed by atoms with van der Waals surface area (Å²) in [5.41, 5.74) is 7.69. The van der Waals surface area contributed by atoms with E-state index < -0.39 is 12.2 Å². The van der Waals surface area contributed by atoms with Crippen LogP contribution in [-0.2, 0) is 16.0 Å². The number of nitrogens with one attached hydrogen (secondary N) is 1. The Kier molecular flexibility index (Phi) is 3.70. The van der Waals surface area contributed by atoms with Crippen molar-refractivity contribution in [2.45, 2.75) is 39.7 Å². The minimum Gasteiger partial charge on any atom is -0.441 e. The van der Waals surface area contributed by atoms with Crippen LogP contribution in [0, 0.1) is 5.41 Å². The Morgan fingerprint density at radius 1 is 1.35 bits per heavy atom. The topological polar surface area (TPSA) is 81.4 Å². The molecule has 20 heavy (non-hydrogen) atoms. The van der Waals surface area contributed by atoms with Gasteiger partial charge in [0.05, 0.1) is 0 Å². The number of carbonyl (C=O) groups excluding carboxylic acids is 2. The number of hydrogen-bond acceptors (Lipinski definition) is 3. The van der Waals surface area contributed by atoms with Gasteiger partial charge < -0.3 is 15.8 Å². The molecule has 0 spiro atoms. The fraction of sp³-hybridized carbons (Fsp3) is 0.467. The molecule has 1 atom stereocenters. The summed E-state index contributed by atoms with van der Waals surface area (Å²) in [5, 5.41) is 2.83. The Labute approximate surface area is 118 Å². The summed E-state index contributed by atoms with van der Waals surface area (Å²) in [6, 6.07) is 5.70. The van der Waals surface area contributed by atoms with Crippen molar-refractivity contribution in [1.29, 1.82) is 0 Å². The van der Waals surface area contributed by atoms with E-state index in [0.29, 0.717) is 12.8 Å². The van der Waals surface area contributed by atoms with E-state index in [0.717, 1.165) is 16.8 Å². The molecule has 0 saturated carbocycles. The van der Waals surface area contributed by atoms with E-state index in [-0.39, 0.29) is 11.3 Å². The number of nitrogens with two attached hydrogens (primary N) is 1. The van der Waals surface area contributed by atoms with Gasteiger partial charge in [-0.05, 0) is 23.6 Å². The summed E-state index contributed by atoms with van der Waals surface area (Å²) in [6.07, 6.45) is -0.0191. The first-order valence-electron chi connectivity index (χ1n) is 6.66. The van der Waals surface area contributed by atoms with Gasteiger partial charge in [0.25, 0.3) is 0 Å². The van der Waals surface area contributed by atoms with Crippen LogP contribution >= 0.6 is 0 Å². The molecule has 1 heterocycles. The van der Waals surface area contributed by atoms with Gasteiger partial charge >= 0.3 is 6.09 Å². The summed E-state index contributed by atoms with van der Waals surface area (Å²) in [6.45, 7) is 5.96. The van der Waals surface area contributed by atoms with Gasteiger partial charge in [0.2, 0.25) is 5.91 Å². The van der Waals surface area contributed by atoms with E-state index in [2.05, 4.69) is 5.32 Å². The zero-order valence-electron chi connectivity index (χ0n) is 12.0. The number of amides is 2. The number of ether oxygens (including phenoxy) is 1. The number of rotatable bonds is 2. The molecule has 5 heteroatoms. The van der Waals surface area contributed by atoms with Gasteiger partial charge in [0.15, 0.2) is 0 Å². The van der Waals surface area contributed by atoms with Gasteiger partial charge in [0.1, 0.15) is 6.10 Å². The normalized spacial score (nSPS) is 16.1. The molecule has 2 rings (SSSR count). The number of anilines is 1. The second-order valence-corrected chi connectivity index (χ2v) is 6.15. The molecule has 0 aromatic heterocycles. The maximum Gasteiger partial charge on any atom is 0.405 e. The summed E-state index contributed by atoms with van der Waals surface area (Å²) < 4.78 is 5.26. The van der Waals surface area contributed by atoms with Gasteiger partial charge in [-0.15, -0.1) is 0 Å². The zero-order chi connectivity index (χ0) is 14.9. The maximum absolute atomic E-state index is 11.4. The quantitative estimate of drug-likeness (QED) is 0.871. The second kappa shape index (κ2) is 5.15. The minimum atomic E-state index is -0.782. The van der Waals surface area contributed by atoms with E-state index in [1.54, 1.807) is 0 Å². The summed E-state index contributed by atoms with van der Waals surface area (Å²) in [7, 11) is 0. The van der Waals surface area contributed by atoms with E-state index in [9.17, 15) is 9.59 Å². The van der Waals surface area contributed by atoms with E-state index in [4.69, 9.17) is 10.5 Å². The molecule has 5 nitrogen and oxygen atoms in total. The standard InChI is InChI=1S/C15H20N2O3/c1-15(2,3)13(20-14(16)19)10-4-6-11-9(8-10)5-7-12(18)17-11/h4,6,8,13H,5,7H2,1-3H3,(H2,16,19)(H,17,18). The Balaban J connectivity index is 2.35. The van der Waals surface area contributed by atoms with Crippen molar-refractivity contribution in [3.8, 4) is 0 Å². The molecule has 1 aromatic rings. The number of carbonyl (C=O) groups is 2. The van der Waals surface area contributed by atoms with Gasteiger partial charge in [0, 0.05) is 17.5 Å². The highest BCUT2D eigenvalue weighted by atomic mass is 16.6. The Morgan fingerprint density at radius 3 is 2.65 bits per heavy atom. The van der Waals surface area contributed by atoms with Crippen LogP contribution in [0.15, 0.2) is 18.2 Å². The van der Waals surface area contributed by atoms with Crippen molar-refractivity contribution in [3.63, 3.8) is 0 Å². The molecule has 3 N–H and O–H groups in total.